The number of rotatable bonds is 10. The Bertz CT molecular complexity index is 923. The van der Waals surface area contributed by atoms with Gasteiger partial charge in [0.1, 0.15) is 5.75 Å². The van der Waals surface area contributed by atoms with Gasteiger partial charge in [0.2, 0.25) is 0 Å². The van der Waals surface area contributed by atoms with E-state index in [0.29, 0.717) is 30.5 Å². The highest BCUT2D eigenvalue weighted by Crippen LogP contribution is 2.19. The lowest BCUT2D eigenvalue weighted by atomic mass is 10.1. The summed E-state index contributed by atoms with van der Waals surface area (Å²) in [5.74, 6) is 2.08. The highest BCUT2D eigenvalue weighted by molar-refractivity contribution is 7.90. The summed E-state index contributed by atoms with van der Waals surface area (Å²) in [6.07, 6.45) is 1.98. The Morgan fingerprint density at radius 3 is 2.40 bits per heavy atom. The molecule has 2 aromatic rings. The zero-order chi connectivity index (χ0) is 22.0. The van der Waals surface area contributed by atoms with Gasteiger partial charge in [-0.3, -0.25) is 0 Å². The summed E-state index contributed by atoms with van der Waals surface area (Å²) in [5.41, 5.74) is 2.12. The van der Waals surface area contributed by atoms with Crippen molar-refractivity contribution < 1.29 is 13.2 Å². The third kappa shape index (κ3) is 8.06. The maximum absolute atomic E-state index is 11.6. The molecule has 0 spiro atoms. The largest absolute Gasteiger partial charge is 0.493 e. The fourth-order valence-corrected chi connectivity index (χ4v) is 3.40. The van der Waals surface area contributed by atoms with E-state index in [4.69, 9.17) is 4.74 Å². The predicted molar refractivity (Wildman–Crippen MR) is 123 cm³/mol. The molecule has 0 radical (unpaired) electrons. The number of nitrogens with one attached hydrogen (secondary N) is 2. The van der Waals surface area contributed by atoms with Crippen molar-refractivity contribution >= 4 is 15.8 Å². The van der Waals surface area contributed by atoms with Crippen LogP contribution >= 0.6 is 0 Å². The molecule has 0 aromatic heterocycles. The third-order valence-electron chi connectivity index (χ3n) is 4.35. The number of nitrogens with zero attached hydrogens (tertiary/aromatic N) is 1. The van der Waals surface area contributed by atoms with Crippen LogP contribution in [-0.2, 0) is 22.8 Å². The summed E-state index contributed by atoms with van der Waals surface area (Å²) >= 11 is 0. The Hall–Kier alpha value is -2.54. The fraction of sp³-hybridized carbons (Fsp3) is 0.435. The molecule has 0 fully saturated rings. The van der Waals surface area contributed by atoms with Crippen molar-refractivity contribution in [2.45, 2.75) is 38.6 Å². The van der Waals surface area contributed by atoms with Crippen molar-refractivity contribution in [2.24, 2.45) is 10.9 Å². The maximum Gasteiger partial charge on any atom is 0.191 e. The molecule has 2 rings (SSSR count). The Morgan fingerprint density at radius 2 is 1.77 bits per heavy atom. The normalized spacial score (nSPS) is 12.1. The van der Waals surface area contributed by atoms with Gasteiger partial charge in [-0.2, -0.15) is 0 Å². The van der Waals surface area contributed by atoms with Crippen LogP contribution in [0, 0.1) is 5.92 Å². The number of guanidine groups is 1. The van der Waals surface area contributed by atoms with Crippen molar-refractivity contribution in [3.05, 3.63) is 59.7 Å². The summed E-state index contributed by atoms with van der Waals surface area (Å²) in [4.78, 5) is 5.02. The smallest absolute Gasteiger partial charge is 0.191 e. The molecule has 0 atom stereocenters. The predicted octanol–water partition coefficient (Wildman–Crippen LogP) is 3.42. The van der Waals surface area contributed by atoms with Crippen LogP contribution in [0.4, 0.5) is 0 Å². The van der Waals surface area contributed by atoms with Crippen LogP contribution in [0.1, 0.15) is 31.9 Å². The lowest BCUT2D eigenvalue weighted by Gasteiger charge is -2.14. The lowest BCUT2D eigenvalue weighted by Crippen LogP contribution is -2.38. The van der Waals surface area contributed by atoms with Gasteiger partial charge in [0.05, 0.1) is 18.0 Å². The summed E-state index contributed by atoms with van der Waals surface area (Å²) in [6, 6.07) is 15.0. The van der Waals surface area contributed by atoms with Gasteiger partial charge in [0.15, 0.2) is 15.8 Å². The number of hydrogen-bond acceptors (Lipinski definition) is 4. The van der Waals surface area contributed by atoms with E-state index in [0.717, 1.165) is 35.8 Å². The topological polar surface area (TPSA) is 79.8 Å². The molecule has 2 N–H and O–H groups in total. The van der Waals surface area contributed by atoms with Crippen LogP contribution in [0.3, 0.4) is 0 Å². The van der Waals surface area contributed by atoms with Crippen LogP contribution < -0.4 is 15.4 Å². The van der Waals surface area contributed by atoms with Crippen molar-refractivity contribution in [1.29, 1.82) is 0 Å². The summed E-state index contributed by atoms with van der Waals surface area (Å²) in [6.45, 7) is 8.94. The molecule has 0 aliphatic rings. The van der Waals surface area contributed by atoms with Gasteiger partial charge >= 0.3 is 0 Å². The van der Waals surface area contributed by atoms with Crippen molar-refractivity contribution in [1.82, 2.24) is 10.6 Å². The molecule has 6 nitrogen and oxygen atoms in total. The van der Waals surface area contributed by atoms with Crippen molar-refractivity contribution in [2.75, 3.05) is 26.0 Å². The van der Waals surface area contributed by atoms with Crippen molar-refractivity contribution in [3.8, 4) is 5.75 Å². The minimum Gasteiger partial charge on any atom is -0.493 e. The Labute approximate surface area is 180 Å². The molecule has 0 unspecified atom stereocenters. The first-order valence-electron chi connectivity index (χ1n) is 10.3. The number of hydrogen-bond donors (Lipinski definition) is 2. The number of aliphatic imine (C=N–C) groups is 1. The Morgan fingerprint density at radius 1 is 1.07 bits per heavy atom. The van der Waals surface area contributed by atoms with E-state index < -0.39 is 9.84 Å². The average molecular weight is 432 g/mol. The standard InChI is InChI=1S/C23H33N3O3S/c1-5-24-23(25-15-14-19-10-12-21(13-11-19)30(4,27)28)26-16-20-8-6-7-9-22(20)29-17-18(2)3/h6-13,18H,5,14-17H2,1-4H3,(H2,24,25,26). The van der Waals surface area contributed by atoms with Crippen LogP contribution in [0.2, 0.25) is 0 Å². The van der Waals surface area contributed by atoms with E-state index in [1.807, 2.05) is 43.3 Å². The van der Waals surface area contributed by atoms with Gasteiger partial charge in [-0.15, -0.1) is 0 Å². The van der Waals surface area contributed by atoms with Gasteiger partial charge in [0.25, 0.3) is 0 Å². The van der Waals surface area contributed by atoms with Crippen molar-refractivity contribution in [3.63, 3.8) is 0 Å². The molecule has 30 heavy (non-hydrogen) atoms. The van der Waals surface area contributed by atoms with Crippen LogP contribution in [-0.4, -0.2) is 40.3 Å². The molecule has 0 bridgehead atoms. The first-order valence-corrected chi connectivity index (χ1v) is 12.2. The van der Waals surface area contributed by atoms with Gasteiger partial charge in [-0.1, -0.05) is 44.2 Å². The van der Waals surface area contributed by atoms with Gasteiger partial charge in [-0.25, -0.2) is 13.4 Å². The number of sulfone groups is 1. The van der Waals surface area contributed by atoms with Gasteiger partial charge in [0, 0.05) is 24.9 Å². The molecule has 0 saturated carbocycles. The molecule has 0 aliphatic heterocycles. The molecular formula is C23H33N3O3S. The highest BCUT2D eigenvalue weighted by Gasteiger charge is 2.07. The summed E-state index contributed by atoms with van der Waals surface area (Å²) in [5, 5.41) is 6.59. The van der Waals surface area contributed by atoms with Gasteiger partial charge < -0.3 is 15.4 Å². The fourth-order valence-electron chi connectivity index (χ4n) is 2.77. The van der Waals surface area contributed by atoms with E-state index in [1.165, 1.54) is 6.26 Å². The third-order valence-corrected chi connectivity index (χ3v) is 5.48. The minimum absolute atomic E-state index is 0.340. The molecule has 0 amide bonds. The average Bonchev–Trinajstić information content (AvgIpc) is 2.70. The first kappa shape index (κ1) is 23.7. The Kier molecular flexibility index (Phi) is 9.17. The second kappa shape index (κ2) is 11.6. The Balaban J connectivity index is 1.95. The maximum atomic E-state index is 11.6. The SMILES string of the molecule is CCNC(=NCc1ccccc1OCC(C)C)NCCc1ccc(S(C)(=O)=O)cc1. The second-order valence-corrected chi connectivity index (χ2v) is 9.62. The second-order valence-electron chi connectivity index (χ2n) is 7.60. The monoisotopic (exact) mass is 431 g/mol. The minimum atomic E-state index is -3.16. The number of ether oxygens (including phenoxy) is 1. The first-order chi connectivity index (χ1) is 14.3. The van der Waals surface area contributed by atoms with E-state index >= 15 is 0 Å². The number of para-hydroxylation sites is 1. The molecule has 0 saturated heterocycles. The van der Waals surface area contributed by atoms with Crippen LogP contribution in [0.25, 0.3) is 0 Å². The molecule has 7 heteroatoms. The highest BCUT2D eigenvalue weighted by atomic mass is 32.2. The molecule has 0 aliphatic carbocycles. The van der Waals surface area contributed by atoms with E-state index in [-0.39, 0.29) is 0 Å². The molecule has 2 aromatic carbocycles. The van der Waals surface area contributed by atoms with Crippen LogP contribution in [0.5, 0.6) is 5.75 Å². The summed E-state index contributed by atoms with van der Waals surface area (Å²) < 4.78 is 29.0. The van der Waals surface area contributed by atoms with Gasteiger partial charge in [-0.05, 0) is 43.0 Å². The molecule has 164 valence electrons. The van der Waals surface area contributed by atoms with Crippen LogP contribution in [0.15, 0.2) is 58.4 Å². The summed E-state index contributed by atoms with van der Waals surface area (Å²) in [7, 11) is -3.16. The zero-order valence-electron chi connectivity index (χ0n) is 18.3. The van der Waals surface area contributed by atoms with E-state index in [2.05, 4.69) is 29.5 Å². The quantitative estimate of drug-likeness (QED) is 0.445. The zero-order valence-corrected chi connectivity index (χ0v) is 19.1. The molecule has 0 heterocycles. The van der Waals surface area contributed by atoms with E-state index in [9.17, 15) is 8.42 Å². The molecular weight excluding hydrogens is 398 g/mol. The number of benzene rings is 2. The lowest BCUT2D eigenvalue weighted by molar-refractivity contribution is 0.268. The van der Waals surface area contributed by atoms with E-state index in [1.54, 1.807) is 12.1 Å².